The second-order valence-corrected chi connectivity index (χ2v) is 10.3. The lowest BCUT2D eigenvalue weighted by atomic mass is 9.77. The summed E-state index contributed by atoms with van der Waals surface area (Å²) < 4.78 is 0. The zero-order chi connectivity index (χ0) is 16.6. The first-order valence-electron chi connectivity index (χ1n) is 8.74. The Morgan fingerprint density at radius 1 is 1.00 bits per heavy atom. The highest BCUT2D eigenvalue weighted by atomic mass is 15.3. The maximum atomic E-state index is 3.81. The Kier molecular flexibility index (Phi) is 5.60. The van der Waals surface area contributed by atoms with E-state index in [1.54, 1.807) is 0 Å². The van der Waals surface area contributed by atoms with Crippen LogP contribution in [0.4, 0.5) is 0 Å². The van der Waals surface area contributed by atoms with Gasteiger partial charge in [0.15, 0.2) is 0 Å². The second kappa shape index (κ2) is 6.20. The third kappa shape index (κ3) is 5.25. The molecule has 2 nitrogen and oxygen atoms in total. The maximum Gasteiger partial charge on any atom is 0.0249 e. The fourth-order valence-corrected chi connectivity index (χ4v) is 4.04. The maximum absolute atomic E-state index is 3.81. The molecule has 2 unspecified atom stereocenters. The lowest BCUT2D eigenvalue weighted by molar-refractivity contribution is -0.0261. The summed E-state index contributed by atoms with van der Waals surface area (Å²) in [4.78, 5) is 2.80. The Balaban J connectivity index is 2.99. The zero-order valence-electron chi connectivity index (χ0n) is 16.3. The SMILES string of the molecule is CC(C)C1CNC(C(C)(C)C)CN1C(C)(C)CC(C)(C)C. The van der Waals surface area contributed by atoms with Crippen LogP contribution in [-0.4, -0.2) is 35.6 Å². The van der Waals surface area contributed by atoms with Gasteiger partial charge in [-0.3, -0.25) is 4.90 Å². The van der Waals surface area contributed by atoms with E-state index < -0.39 is 0 Å². The summed E-state index contributed by atoms with van der Waals surface area (Å²) in [5.74, 6) is 0.692. The van der Waals surface area contributed by atoms with Crippen molar-refractivity contribution in [3.63, 3.8) is 0 Å². The van der Waals surface area contributed by atoms with Crippen molar-refractivity contribution < 1.29 is 0 Å². The van der Waals surface area contributed by atoms with Crippen molar-refractivity contribution in [3.05, 3.63) is 0 Å². The zero-order valence-corrected chi connectivity index (χ0v) is 16.3. The minimum absolute atomic E-state index is 0.249. The molecule has 0 saturated carbocycles. The van der Waals surface area contributed by atoms with Crippen LogP contribution in [0.2, 0.25) is 0 Å². The van der Waals surface area contributed by atoms with Crippen LogP contribution in [0.25, 0.3) is 0 Å². The quantitative estimate of drug-likeness (QED) is 0.822. The van der Waals surface area contributed by atoms with E-state index in [1.165, 1.54) is 6.42 Å². The number of rotatable bonds is 3. The molecule has 0 aromatic heterocycles. The van der Waals surface area contributed by atoms with Gasteiger partial charge >= 0.3 is 0 Å². The number of nitrogens with one attached hydrogen (secondary N) is 1. The first-order valence-corrected chi connectivity index (χ1v) is 8.74. The standard InChI is InChI=1S/C19H40N2/c1-14(2)15-11-20-16(18(6,7)8)12-21(15)19(9,10)13-17(3,4)5/h14-16,20H,11-13H2,1-10H3. The third-order valence-corrected chi connectivity index (χ3v) is 4.91. The van der Waals surface area contributed by atoms with E-state index in [0.717, 1.165) is 13.1 Å². The summed E-state index contributed by atoms with van der Waals surface area (Å²) in [7, 11) is 0. The van der Waals surface area contributed by atoms with E-state index in [0.29, 0.717) is 28.8 Å². The first kappa shape index (κ1) is 19.0. The van der Waals surface area contributed by atoms with E-state index in [1.807, 2.05) is 0 Å². The van der Waals surface area contributed by atoms with E-state index in [2.05, 4.69) is 79.5 Å². The van der Waals surface area contributed by atoms with Crippen molar-refractivity contribution >= 4 is 0 Å². The molecule has 2 heteroatoms. The van der Waals surface area contributed by atoms with Crippen LogP contribution >= 0.6 is 0 Å². The Morgan fingerprint density at radius 2 is 1.52 bits per heavy atom. The molecule has 1 saturated heterocycles. The molecule has 1 N–H and O–H groups in total. The van der Waals surface area contributed by atoms with Crippen molar-refractivity contribution in [2.45, 2.75) is 93.3 Å². The highest BCUT2D eigenvalue weighted by Gasteiger charge is 2.42. The van der Waals surface area contributed by atoms with Crippen molar-refractivity contribution in [2.24, 2.45) is 16.7 Å². The van der Waals surface area contributed by atoms with Crippen LogP contribution in [0, 0.1) is 16.7 Å². The fourth-order valence-electron chi connectivity index (χ4n) is 4.04. The van der Waals surface area contributed by atoms with Crippen LogP contribution < -0.4 is 5.32 Å². The molecular weight excluding hydrogens is 256 g/mol. The average molecular weight is 297 g/mol. The highest BCUT2D eigenvalue weighted by molar-refractivity contribution is 4.99. The number of hydrogen-bond donors (Lipinski definition) is 1. The Bertz CT molecular complexity index is 330. The van der Waals surface area contributed by atoms with Gasteiger partial charge < -0.3 is 5.32 Å². The molecule has 1 heterocycles. The van der Waals surface area contributed by atoms with E-state index >= 15 is 0 Å². The molecule has 0 aliphatic carbocycles. The van der Waals surface area contributed by atoms with Crippen molar-refractivity contribution in [3.8, 4) is 0 Å². The topological polar surface area (TPSA) is 15.3 Å². The largest absolute Gasteiger partial charge is 0.311 e. The molecule has 0 aromatic carbocycles. The molecule has 1 aliphatic rings. The number of piperazine rings is 1. The number of hydrogen-bond acceptors (Lipinski definition) is 2. The lowest BCUT2D eigenvalue weighted by Gasteiger charge is -2.54. The summed E-state index contributed by atoms with van der Waals surface area (Å²) in [5.41, 5.74) is 0.934. The van der Waals surface area contributed by atoms with Gasteiger partial charge in [-0.2, -0.15) is 0 Å². The third-order valence-electron chi connectivity index (χ3n) is 4.91. The summed E-state index contributed by atoms with van der Waals surface area (Å²) in [6, 6.07) is 1.22. The van der Waals surface area contributed by atoms with Gasteiger partial charge in [0, 0.05) is 30.7 Å². The first-order chi connectivity index (χ1) is 9.24. The van der Waals surface area contributed by atoms with Gasteiger partial charge in [0.25, 0.3) is 0 Å². The van der Waals surface area contributed by atoms with Crippen LogP contribution in [0.5, 0.6) is 0 Å². The fraction of sp³-hybridized carbons (Fsp3) is 1.00. The van der Waals surface area contributed by atoms with Crippen LogP contribution in [0.15, 0.2) is 0 Å². The normalized spacial score (nSPS) is 26.4. The summed E-state index contributed by atoms with van der Waals surface area (Å²) in [5, 5.41) is 3.81. The Morgan fingerprint density at radius 3 is 1.90 bits per heavy atom. The monoisotopic (exact) mass is 296 g/mol. The number of nitrogens with zero attached hydrogens (tertiary/aromatic N) is 1. The second-order valence-electron chi connectivity index (χ2n) is 10.3. The predicted molar refractivity (Wildman–Crippen MR) is 94.7 cm³/mol. The van der Waals surface area contributed by atoms with Gasteiger partial charge in [0.05, 0.1) is 0 Å². The molecular formula is C19H40N2. The molecule has 126 valence electrons. The summed E-state index contributed by atoms with van der Waals surface area (Å²) in [6.07, 6.45) is 1.24. The molecule has 0 amide bonds. The summed E-state index contributed by atoms with van der Waals surface area (Å²) in [6.45, 7) is 26.1. The van der Waals surface area contributed by atoms with Crippen LogP contribution in [0.1, 0.15) is 75.7 Å². The van der Waals surface area contributed by atoms with Gasteiger partial charge in [-0.25, -0.2) is 0 Å². The van der Waals surface area contributed by atoms with Gasteiger partial charge in [0.2, 0.25) is 0 Å². The van der Waals surface area contributed by atoms with Crippen LogP contribution in [0.3, 0.4) is 0 Å². The molecule has 1 aliphatic heterocycles. The van der Waals surface area contributed by atoms with Gasteiger partial charge in [0.1, 0.15) is 0 Å². The van der Waals surface area contributed by atoms with E-state index in [9.17, 15) is 0 Å². The van der Waals surface area contributed by atoms with Gasteiger partial charge in [-0.1, -0.05) is 55.4 Å². The summed E-state index contributed by atoms with van der Waals surface area (Å²) >= 11 is 0. The van der Waals surface area contributed by atoms with Gasteiger partial charge in [-0.05, 0) is 37.0 Å². The predicted octanol–water partition coefficient (Wildman–Crippen LogP) is 4.55. The molecule has 1 rings (SSSR count). The Hall–Kier alpha value is -0.0800. The molecule has 0 bridgehead atoms. The van der Waals surface area contributed by atoms with E-state index in [-0.39, 0.29) is 5.54 Å². The van der Waals surface area contributed by atoms with Crippen molar-refractivity contribution in [2.75, 3.05) is 13.1 Å². The lowest BCUT2D eigenvalue weighted by Crippen LogP contribution is -2.66. The van der Waals surface area contributed by atoms with E-state index in [4.69, 9.17) is 0 Å². The molecule has 0 radical (unpaired) electrons. The molecule has 1 fully saturated rings. The average Bonchev–Trinajstić information content (AvgIpc) is 2.23. The molecule has 0 aromatic rings. The minimum Gasteiger partial charge on any atom is -0.311 e. The van der Waals surface area contributed by atoms with Crippen LogP contribution in [-0.2, 0) is 0 Å². The highest BCUT2D eigenvalue weighted by Crippen LogP contribution is 2.36. The Labute approximate surface area is 134 Å². The molecule has 0 spiro atoms. The van der Waals surface area contributed by atoms with Crippen molar-refractivity contribution in [1.82, 2.24) is 10.2 Å². The van der Waals surface area contributed by atoms with Gasteiger partial charge in [-0.15, -0.1) is 0 Å². The molecule has 2 atom stereocenters. The minimum atomic E-state index is 0.249. The smallest absolute Gasteiger partial charge is 0.0249 e. The molecule has 21 heavy (non-hydrogen) atoms. The van der Waals surface area contributed by atoms with Crippen molar-refractivity contribution in [1.29, 1.82) is 0 Å².